The Kier molecular flexibility index (Phi) is 4.84. The number of nitrogens with zero attached hydrogens (tertiary/aromatic N) is 3. The number of anilines is 2. The molecule has 1 aromatic rings. The van der Waals surface area contributed by atoms with Crippen molar-refractivity contribution in [1.29, 1.82) is 0 Å². The molecule has 0 aliphatic heterocycles. The van der Waals surface area contributed by atoms with Crippen molar-refractivity contribution >= 4 is 11.6 Å². The van der Waals surface area contributed by atoms with E-state index in [-0.39, 0.29) is 0 Å². The molecule has 0 aromatic carbocycles. The fraction of sp³-hybridized carbons (Fsp3) is 0.750. The van der Waals surface area contributed by atoms with Crippen molar-refractivity contribution in [3.8, 4) is 0 Å². The second kappa shape index (κ2) is 6.42. The first-order valence-corrected chi connectivity index (χ1v) is 7.89. The molecule has 1 heterocycles. The highest BCUT2D eigenvalue weighted by Crippen LogP contribution is 2.39. The SMILES string of the molecule is CCCc1nc(NCC)c(C)c(N(C)CC2CC2C)n1. The van der Waals surface area contributed by atoms with Gasteiger partial charge in [0.2, 0.25) is 0 Å². The monoisotopic (exact) mass is 276 g/mol. The zero-order valence-corrected chi connectivity index (χ0v) is 13.5. The lowest BCUT2D eigenvalue weighted by atomic mass is 10.2. The number of rotatable bonds is 7. The van der Waals surface area contributed by atoms with Gasteiger partial charge in [-0.1, -0.05) is 13.8 Å². The van der Waals surface area contributed by atoms with Crippen LogP contribution in [0.3, 0.4) is 0 Å². The Labute approximate surface area is 123 Å². The molecule has 20 heavy (non-hydrogen) atoms. The maximum Gasteiger partial charge on any atom is 0.137 e. The molecule has 0 spiro atoms. The minimum atomic E-state index is 0.839. The van der Waals surface area contributed by atoms with Crippen LogP contribution in [0.4, 0.5) is 11.6 Å². The molecule has 0 bridgehead atoms. The van der Waals surface area contributed by atoms with E-state index in [4.69, 9.17) is 4.98 Å². The highest BCUT2D eigenvalue weighted by Gasteiger charge is 2.33. The van der Waals surface area contributed by atoms with Gasteiger partial charge in [0.25, 0.3) is 0 Å². The Morgan fingerprint density at radius 2 is 2.00 bits per heavy atom. The summed E-state index contributed by atoms with van der Waals surface area (Å²) >= 11 is 0. The third kappa shape index (κ3) is 3.41. The largest absolute Gasteiger partial charge is 0.370 e. The summed E-state index contributed by atoms with van der Waals surface area (Å²) in [5, 5.41) is 3.37. The van der Waals surface area contributed by atoms with Gasteiger partial charge < -0.3 is 10.2 Å². The van der Waals surface area contributed by atoms with E-state index in [2.05, 4.69) is 49.9 Å². The Bertz CT molecular complexity index is 458. The normalized spacial score (nSPS) is 20.9. The molecule has 1 aliphatic rings. The predicted molar refractivity (Wildman–Crippen MR) is 85.5 cm³/mol. The minimum Gasteiger partial charge on any atom is -0.370 e. The lowest BCUT2D eigenvalue weighted by Gasteiger charge is -2.22. The van der Waals surface area contributed by atoms with Crippen LogP contribution in [-0.4, -0.2) is 30.1 Å². The molecule has 4 nitrogen and oxygen atoms in total. The molecule has 4 heteroatoms. The second-order valence-electron chi connectivity index (χ2n) is 6.07. The molecular weight excluding hydrogens is 248 g/mol. The summed E-state index contributed by atoms with van der Waals surface area (Å²) in [7, 11) is 2.16. The number of aromatic nitrogens is 2. The van der Waals surface area contributed by atoms with Gasteiger partial charge in [-0.3, -0.25) is 0 Å². The van der Waals surface area contributed by atoms with Crippen LogP contribution in [0.1, 0.15) is 45.0 Å². The summed E-state index contributed by atoms with van der Waals surface area (Å²) in [4.78, 5) is 11.8. The topological polar surface area (TPSA) is 41.1 Å². The second-order valence-corrected chi connectivity index (χ2v) is 6.07. The number of nitrogens with one attached hydrogen (secondary N) is 1. The van der Waals surface area contributed by atoms with E-state index < -0.39 is 0 Å². The standard InChI is InChI=1S/C16H28N4/c1-6-8-14-18-15(17-7-2)12(4)16(19-14)20(5)10-13-9-11(13)3/h11,13H,6-10H2,1-5H3,(H,17,18,19). The van der Waals surface area contributed by atoms with E-state index in [0.717, 1.165) is 55.2 Å². The van der Waals surface area contributed by atoms with E-state index in [1.165, 1.54) is 12.0 Å². The van der Waals surface area contributed by atoms with E-state index >= 15 is 0 Å². The van der Waals surface area contributed by atoms with Gasteiger partial charge in [-0.15, -0.1) is 0 Å². The zero-order chi connectivity index (χ0) is 14.7. The van der Waals surface area contributed by atoms with Gasteiger partial charge in [0.05, 0.1) is 0 Å². The summed E-state index contributed by atoms with van der Waals surface area (Å²) < 4.78 is 0. The smallest absolute Gasteiger partial charge is 0.137 e. The molecule has 1 fully saturated rings. The Morgan fingerprint density at radius 3 is 2.55 bits per heavy atom. The Hall–Kier alpha value is -1.32. The third-order valence-corrected chi connectivity index (χ3v) is 4.13. The zero-order valence-electron chi connectivity index (χ0n) is 13.5. The summed E-state index contributed by atoms with van der Waals surface area (Å²) in [5.41, 5.74) is 1.17. The summed E-state index contributed by atoms with van der Waals surface area (Å²) in [6.07, 6.45) is 3.38. The minimum absolute atomic E-state index is 0.839. The van der Waals surface area contributed by atoms with Crippen LogP contribution < -0.4 is 10.2 Å². The molecule has 0 radical (unpaired) electrons. The summed E-state index contributed by atoms with van der Waals surface area (Å²) in [5.74, 6) is 4.77. The average molecular weight is 276 g/mol. The Morgan fingerprint density at radius 1 is 1.30 bits per heavy atom. The first-order chi connectivity index (χ1) is 9.56. The average Bonchev–Trinajstić information content (AvgIpc) is 3.09. The molecular formula is C16H28N4. The number of hydrogen-bond donors (Lipinski definition) is 1. The fourth-order valence-corrected chi connectivity index (χ4v) is 2.69. The maximum atomic E-state index is 4.79. The third-order valence-electron chi connectivity index (χ3n) is 4.13. The quantitative estimate of drug-likeness (QED) is 0.830. The molecule has 1 aliphatic carbocycles. The Balaban J connectivity index is 2.23. The summed E-state index contributed by atoms with van der Waals surface area (Å²) in [6.45, 7) is 10.7. The van der Waals surface area contributed by atoms with E-state index in [9.17, 15) is 0 Å². The van der Waals surface area contributed by atoms with E-state index in [1.54, 1.807) is 0 Å². The number of aryl methyl sites for hydroxylation is 1. The predicted octanol–water partition coefficient (Wildman–Crippen LogP) is 3.26. The van der Waals surface area contributed by atoms with Crippen molar-refractivity contribution in [3.63, 3.8) is 0 Å². The molecule has 1 saturated carbocycles. The van der Waals surface area contributed by atoms with E-state index in [1.807, 2.05) is 0 Å². The maximum absolute atomic E-state index is 4.79. The van der Waals surface area contributed by atoms with E-state index in [0.29, 0.717) is 0 Å². The van der Waals surface area contributed by atoms with Crippen LogP contribution in [-0.2, 0) is 6.42 Å². The van der Waals surface area contributed by atoms with Gasteiger partial charge in [-0.25, -0.2) is 9.97 Å². The lowest BCUT2D eigenvalue weighted by molar-refractivity contribution is 0.711. The highest BCUT2D eigenvalue weighted by atomic mass is 15.2. The molecule has 1 aromatic heterocycles. The lowest BCUT2D eigenvalue weighted by Crippen LogP contribution is -2.24. The van der Waals surface area contributed by atoms with Crippen LogP contribution in [0.2, 0.25) is 0 Å². The molecule has 112 valence electrons. The molecule has 0 amide bonds. The van der Waals surface area contributed by atoms with Crippen LogP contribution in [0.25, 0.3) is 0 Å². The van der Waals surface area contributed by atoms with Gasteiger partial charge >= 0.3 is 0 Å². The fourth-order valence-electron chi connectivity index (χ4n) is 2.69. The first-order valence-electron chi connectivity index (χ1n) is 7.89. The van der Waals surface area contributed by atoms with Crippen molar-refractivity contribution < 1.29 is 0 Å². The van der Waals surface area contributed by atoms with Gasteiger partial charge in [0.1, 0.15) is 17.5 Å². The highest BCUT2D eigenvalue weighted by molar-refractivity contribution is 5.58. The van der Waals surface area contributed by atoms with Crippen LogP contribution in [0.15, 0.2) is 0 Å². The van der Waals surface area contributed by atoms with Gasteiger partial charge in [0.15, 0.2) is 0 Å². The first kappa shape index (κ1) is 15.1. The van der Waals surface area contributed by atoms with Crippen molar-refractivity contribution in [2.45, 2.75) is 47.0 Å². The molecule has 2 atom stereocenters. The molecule has 2 rings (SSSR count). The molecule has 1 N–H and O–H groups in total. The van der Waals surface area contributed by atoms with Gasteiger partial charge in [0, 0.05) is 32.1 Å². The van der Waals surface area contributed by atoms with Gasteiger partial charge in [-0.05, 0) is 38.5 Å². The van der Waals surface area contributed by atoms with Crippen molar-refractivity contribution in [3.05, 3.63) is 11.4 Å². The van der Waals surface area contributed by atoms with Crippen molar-refractivity contribution in [1.82, 2.24) is 9.97 Å². The van der Waals surface area contributed by atoms with Crippen LogP contribution in [0.5, 0.6) is 0 Å². The number of hydrogen-bond acceptors (Lipinski definition) is 4. The van der Waals surface area contributed by atoms with Crippen LogP contribution in [0, 0.1) is 18.8 Å². The van der Waals surface area contributed by atoms with Crippen LogP contribution >= 0.6 is 0 Å². The van der Waals surface area contributed by atoms with Gasteiger partial charge in [-0.2, -0.15) is 0 Å². The summed E-state index contributed by atoms with van der Waals surface area (Å²) in [6, 6.07) is 0. The molecule has 0 saturated heterocycles. The molecule has 2 unspecified atom stereocenters. The van der Waals surface area contributed by atoms with Crippen molar-refractivity contribution in [2.24, 2.45) is 11.8 Å². The van der Waals surface area contributed by atoms with Crippen molar-refractivity contribution in [2.75, 3.05) is 30.4 Å².